The first-order chi connectivity index (χ1) is 8.02. The number of nitrogens with one attached hydrogen (secondary N) is 1. The molecule has 0 aliphatic carbocycles. The van der Waals surface area contributed by atoms with Gasteiger partial charge in [0, 0.05) is 13.0 Å². The van der Waals surface area contributed by atoms with Crippen molar-refractivity contribution in [1.29, 1.82) is 0 Å². The lowest BCUT2D eigenvalue weighted by Crippen LogP contribution is -2.37. The van der Waals surface area contributed by atoms with Crippen molar-refractivity contribution in [3.63, 3.8) is 0 Å². The molecular formula is C9H21ClN2O5S. The zero-order chi connectivity index (χ0) is 14.8. The molecule has 110 valence electrons. The summed E-state index contributed by atoms with van der Waals surface area (Å²) in [5.74, 6) is -0.0252. The van der Waals surface area contributed by atoms with Crippen LogP contribution < -0.4 is 5.32 Å². The monoisotopic (exact) mass is 304 g/mol. The second-order valence-corrected chi connectivity index (χ2v) is 5.84. The third-order valence-corrected chi connectivity index (χ3v) is 2.30. The topological polar surface area (TPSA) is 95.5 Å². The number of carbonyl (C=O) groups is 1. The molecule has 0 heterocycles. The lowest BCUT2D eigenvalue weighted by Gasteiger charge is -2.23. The van der Waals surface area contributed by atoms with E-state index >= 15 is 0 Å². The predicted molar refractivity (Wildman–Crippen MR) is 68.0 cm³/mol. The number of quaternary nitrogens is 1. The molecule has 18 heavy (non-hydrogen) atoms. The number of carbonyl (C=O) groups excluding carboxylic acids is 1. The molecule has 1 amide bonds. The Bertz CT molecular complexity index is 326. The van der Waals surface area contributed by atoms with E-state index in [0.717, 1.165) is 31.1 Å². The van der Waals surface area contributed by atoms with Crippen LogP contribution in [0.15, 0.2) is 0 Å². The predicted octanol–water partition coefficient (Wildman–Crippen LogP) is -0.469. The van der Waals surface area contributed by atoms with E-state index in [0.29, 0.717) is 0 Å². The van der Waals surface area contributed by atoms with Crippen LogP contribution in [-0.4, -0.2) is 70.6 Å². The number of amides is 1. The minimum Gasteiger partial charge on any atom is -0.726 e. The summed E-state index contributed by atoms with van der Waals surface area (Å²) in [6, 6.07) is 0. The largest absolute Gasteiger partial charge is 0.726 e. The SMILES string of the molecule is COS(=O)(=O)[O-].C[N+](C)(C)CCCNC(=O)CCl. The van der Waals surface area contributed by atoms with E-state index in [2.05, 4.69) is 30.6 Å². The van der Waals surface area contributed by atoms with Crippen LogP contribution in [0.1, 0.15) is 6.42 Å². The van der Waals surface area contributed by atoms with Crippen LogP contribution in [0.4, 0.5) is 0 Å². The molecule has 0 saturated carbocycles. The van der Waals surface area contributed by atoms with E-state index < -0.39 is 10.4 Å². The summed E-state index contributed by atoms with van der Waals surface area (Å²) < 4.78 is 31.9. The molecule has 1 N–H and O–H groups in total. The quantitative estimate of drug-likeness (QED) is 0.235. The van der Waals surface area contributed by atoms with E-state index in [-0.39, 0.29) is 11.8 Å². The molecule has 0 spiro atoms. The van der Waals surface area contributed by atoms with Crippen molar-refractivity contribution in [3.05, 3.63) is 0 Å². The normalized spacial score (nSPS) is 11.4. The number of hydrogen-bond acceptors (Lipinski definition) is 5. The van der Waals surface area contributed by atoms with E-state index in [1.807, 2.05) is 0 Å². The van der Waals surface area contributed by atoms with Crippen molar-refractivity contribution in [3.8, 4) is 0 Å². The lowest BCUT2D eigenvalue weighted by atomic mass is 10.3. The maximum absolute atomic E-state index is 10.7. The van der Waals surface area contributed by atoms with Gasteiger partial charge in [-0.25, -0.2) is 8.42 Å². The van der Waals surface area contributed by atoms with Crippen molar-refractivity contribution in [1.82, 2.24) is 5.32 Å². The average Bonchev–Trinajstić information content (AvgIpc) is 2.22. The smallest absolute Gasteiger partial charge is 0.234 e. The Morgan fingerprint density at radius 1 is 1.39 bits per heavy atom. The van der Waals surface area contributed by atoms with Gasteiger partial charge in [-0.3, -0.25) is 8.98 Å². The molecule has 0 rings (SSSR count). The Kier molecular flexibility index (Phi) is 10.5. The standard InChI is InChI=1S/C8H17ClN2O.CH4O4S/c1-11(2,3)6-4-5-10-8(12)7-9;1-5-6(2,3)4/h4-7H2,1-3H3;1H3,(H,2,3,4). The summed E-state index contributed by atoms with van der Waals surface area (Å²) in [4.78, 5) is 10.7. The number of nitrogens with zero attached hydrogens (tertiary/aromatic N) is 1. The van der Waals surface area contributed by atoms with E-state index in [9.17, 15) is 17.8 Å². The van der Waals surface area contributed by atoms with Crippen molar-refractivity contribution < 1.29 is 26.4 Å². The van der Waals surface area contributed by atoms with Gasteiger partial charge in [0.15, 0.2) is 0 Å². The Hall–Kier alpha value is -0.410. The summed E-state index contributed by atoms with van der Waals surface area (Å²) in [5, 5.41) is 2.72. The highest BCUT2D eigenvalue weighted by molar-refractivity contribution is 7.80. The Morgan fingerprint density at radius 3 is 2.11 bits per heavy atom. The van der Waals surface area contributed by atoms with E-state index in [4.69, 9.17) is 11.6 Å². The molecule has 0 radical (unpaired) electrons. The Labute approximate surface area is 114 Å². The van der Waals surface area contributed by atoms with Gasteiger partial charge in [0.25, 0.3) is 0 Å². The maximum Gasteiger partial charge on any atom is 0.234 e. The van der Waals surface area contributed by atoms with Crippen molar-refractivity contribution in [2.45, 2.75) is 6.42 Å². The van der Waals surface area contributed by atoms with Gasteiger partial charge in [-0.1, -0.05) is 0 Å². The number of alkyl halides is 1. The summed E-state index contributed by atoms with van der Waals surface area (Å²) in [5.41, 5.74) is 0. The van der Waals surface area contributed by atoms with Gasteiger partial charge in [0.2, 0.25) is 16.3 Å². The van der Waals surface area contributed by atoms with Crippen LogP contribution in [0, 0.1) is 0 Å². The summed E-state index contributed by atoms with van der Waals surface area (Å²) in [6.45, 7) is 1.78. The molecule has 0 bridgehead atoms. The summed E-state index contributed by atoms with van der Waals surface area (Å²) in [7, 11) is 2.78. The number of halogens is 1. The van der Waals surface area contributed by atoms with Gasteiger partial charge >= 0.3 is 0 Å². The van der Waals surface area contributed by atoms with E-state index in [1.165, 1.54) is 0 Å². The second-order valence-electron chi connectivity index (χ2n) is 4.43. The number of hydrogen-bond donors (Lipinski definition) is 1. The van der Waals surface area contributed by atoms with Crippen LogP contribution in [-0.2, 0) is 19.4 Å². The van der Waals surface area contributed by atoms with Crippen molar-refractivity contribution in [2.75, 3.05) is 47.2 Å². The first kappa shape index (κ1) is 19.9. The number of rotatable bonds is 6. The molecule has 0 aromatic rings. The van der Waals surface area contributed by atoms with Crippen molar-refractivity contribution in [2.24, 2.45) is 0 Å². The molecule has 0 saturated heterocycles. The highest BCUT2D eigenvalue weighted by Gasteiger charge is 2.05. The van der Waals surface area contributed by atoms with E-state index in [1.54, 1.807) is 0 Å². The van der Waals surface area contributed by atoms with Crippen LogP contribution in [0.2, 0.25) is 0 Å². The molecule has 0 aliphatic heterocycles. The summed E-state index contributed by atoms with van der Waals surface area (Å²) >= 11 is 5.30. The third-order valence-electron chi connectivity index (χ3n) is 1.65. The molecule has 0 atom stereocenters. The third kappa shape index (κ3) is 20.9. The summed E-state index contributed by atoms with van der Waals surface area (Å²) in [6.07, 6.45) is 0.992. The Balaban J connectivity index is 0. The second kappa shape index (κ2) is 9.51. The Morgan fingerprint density at radius 2 is 1.83 bits per heavy atom. The zero-order valence-electron chi connectivity index (χ0n) is 11.1. The fraction of sp³-hybridized carbons (Fsp3) is 0.889. The van der Waals surface area contributed by atoms with Crippen LogP contribution in [0.5, 0.6) is 0 Å². The minimum absolute atomic E-state index is 0.0599. The van der Waals surface area contributed by atoms with Gasteiger partial charge in [-0.15, -0.1) is 11.6 Å². The van der Waals surface area contributed by atoms with Crippen LogP contribution in [0.3, 0.4) is 0 Å². The van der Waals surface area contributed by atoms with Crippen LogP contribution in [0.25, 0.3) is 0 Å². The lowest BCUT2D eigenvalue weighted by molar-refractivity contribution is -0.870. The maximum atomic E-state index is 10.7. The van der Waals surface area contributed by atoms with Gasteiger partial charge in [-0.05, 0) is 0 Å². The first-order valence-corrected chi connectivity index (χ1v) is 7.03. The molecule has 9 heteroatoms. The zero-order valence-corrected chi connectivity index (χ0v) is 12.7. The van der Waals surface area contributed by atoms with Gasteiger partial charge in [0.05, 0.1) is 34.8 Å². The molecular weight excluding hydrogens is 284 g/mol. The average molecular weight is 305 g/mol. The van der Waals surface area contributed by atoms with Crippen LogP contribution >= 0.6 is 11.6 Å². The first-order valence-electron chi connectivity index (χ1n) is 5.16. The minimum atomic E-state index is -4.41. The highest BCUT2D eigenvalue weighted by Crippen LogP contribution is 1.91. The molecule has 0 aromatic carbocycles. The molecule has 0 unspecified atom stereocenters. The van der Waals surface area contributed by atoms with Gasteiger partial charge < -0.3 is 14.4 Å². The molecule has 0 aliphatic rings. The fourth-order valence-electron chi connectivity index (χ4n) is 0.828. The molecule has 0 fully saturated rings. The van der Waals surface area contributed by atoms with Crippen molar-refractivity contribution >= 4 is 27.9 Å². The molecule has 7 nitrogen and oxygen atoms in total. The highest BCUT2D eigenvalue weighted by atomic mass is 35.5. The molecule has 0 aromatic heterocycles. The van der Waals surface area contributed by atoms with Gasteiger partial charge in [-0.2, -0.15) is 0 Å². The fourth-order valence-corrected chi connectivity index (χ4v) is 0.923. The van der Waals surface area contributed by atoms with Gasteiger partial charge in [0.1, 0.15) is 5.88 Å².